The van der Waals surface area contributed by atoms with Crippen molar-refractivity contribution in [3.63, 3.8) is 0 Å². The van der Waals surface area contributed by atoms with Gasteiger partial charge < -0.3 is 10.3 Å². The Hall–Kier alpha value is -4.36. The van der Waals surface area contributed by atoms with Crippen LogP contribution >= 0.6 is 0 Å². The van der Waals surface area contributed by atoms with Crippen molar-refractivity contribution in [2.75, 3.05) is 16.8 Å². The number of pyridine rings is 1. The molecule has 0 aromatic carbocycles. The van der Waals surface area contributed by atoms with Gasteiger partial charge in [0.1, 0.15) is 29.6 Å². The van der Waals surface area contributed by atoms with Crippen LogP contribution in [0.5, 0.6) is 0 Å². The maximum absolute atomic E-state index is 13.5. The zero-order valence-corrected chi connectivity index (χ0v) is 23.3. The third kappa shape index (κ3) is 4.40. The highest BCUT2D eigenvalue weighted by Gasteiger charge is 2.53. The van der Waals surface area contributed by atoms with Gasteiger partial charge in [-0.15, -0.1) is 10.2 Å². The minimum atomic E-state index is -0.628. The van der Waals surface area contributed by atoms with Gasteiger partial charge in [0.2, 0.25) is 17.6 Å². The minimum Gasteiger partial charge on any atom is -0.627 e. The summed E-state index contributed by atoms with van der Waals surface area (Å²) < 4.78 is 1.79. The Morgan fingerprint density at radius 2 is 2.02 bits per heavy atom. The van der Waals surface area contributed by atoms with Gasteiger partial charge in [-0.05, 0) is 81.2 Å². The molecular formula is C29H30N10O3. The molecule has 6 atom stereocenters. The second-order valence-electron chi connectivity index (χ2n) is 12.1. The van der Waals surface area contributed by atoms with Crippen LogP contribution in [0.2, 0.25) is 0 Å². The molecule has 4 aromatic heterocycles. The number of aryl methyl sites for hydroxylation is 1. The molecule has 3 saturated carbocycles. The fourth-order valence-electron chi connectivity index (χ4n) is 6.11. The molecule has 0 radical (unpaired) electrons. The molecule has 4 aromatic rings. The van der Waals surface area contributed by atoms with Gasteiger partial charge in [0, 0.05) is 36.2 Å². The number of nitrogens with zero attached hydrogens (tertiary/aromatic N) is 8. The maximum Gasteiger partial charge on any atom is 0.254 e. The van der Waals surface area contributed by atoms with Crippen molar-refractivity contribution in [1.29, 1.82) is 0 Å². The lowest BCUT2D eigenvalue weighted by atomic mass is 10.1. The maximum atomic E-state index is 13.5. The largest absolute Gasteiger partial charge is 0.627 e. The Kier molecular flexibility index (Phi) is 5.63. The van der Waals surface area contributed by atoms with E-state index in [4.69, 9.17) is 5.10 Å². The molecule has 2 N–H and O–H groups in total. The van der Waals surface area contributed by atoms with E-state index < -0.39 is 6.04 Å². The molecule has 0 spiro atoms. The van der Waals surface area contributed by atoms with Gasteiger partial charge in [0.15, 0.2) is 0 Å². The number of nitrogens with one attached hydrogen (secondary N) is 2. The third-order valence-corrected chi connectivity index (χ3v) is 8.99. The zero-order chi connectivity index (χ0) is 28.7. The first-order chi connectivity index (χ1) is 20.3. The second kappa shape index (κ2) is 9.33. The van der Waals surface area contributed by atoms with E-state index in [-0.39, 0.29) is 46.4 Å². The first-order valence-corrected chi connectivity index (χ1v) is 14.5. The van der Waals surface area contributed by atoms with E-state index in [0.717, 1.165) is 42.8 Å². The smallest absolute Gasteiger partial charge is 0.254 e. The van der Waals surface area contributed by atoms with Crippen LogP contribution in [0.25, 0.3) is 5.52 Å². The number of hydrogen-bond acceptors (Lipinski definition) is 9. The van der Waals surface area contributed by atoms with Gasteiger partial charge in [-0.2, -0.15) is 10.1 Å². The molecule has 13 heteroatoms. The van der Waals surface area contributed by atoms with E-state index in [1.165, 1.54) is 11.8 Å². The van der Waals surface area contributed by atoms with Gasteiger partial charge in [-0.1, -0.05) is 0 Å². The van der Waals surface area contributed by atoms with E-state index in [9.17, 15) is 14.8 Å². The van der Waals surface area contributed by atoms with Crippen LogP contribution < -0.4 is 15.3 Å². The summed E-state index contributed by atoms with van der Waals surface area (Å²) >= 11 is 0. The van der Waals surface area contributed by atoms with E-state index in [2.05, 4.69) is 42.6 Å². The monoisotopic (exact) mass is 566 g/mol. The highest BCUT2D eigenvalue weighted by Crippen LogP contribution is 2.49. The molecule has 3 aliphatic carbocycles. The Bertz CT molecular complexity index is 1750. The Labute approximate surface area is 241 Å². The molecule has 1 saturated heterocycles. The number of anilines is 2. The van der Waals surface area contributed by atoms with Gasteiger partial charge in [0.05, 0.1) is 5.52 Å². The molecule has 8 rings (SSSR count). The Balaban J connectivity index is 1.01. The third-order valence-electron chi connectivity index (χ3n) is 8.99. The second-order valence-corrected chi connectivity index (χ2v) is 12.1. The van der Waals surface area contributed by atoms with Gasteiger partial charge >= 0.3 is 0 Å². The van der Waals surface area contributed by atoms with Crippen LogP contribution in [-0.2, 0) is 9.59 Å². The molecule has 0 bridgehead atoms. The van der Waals surface area contributed by atoms with Crippen molar-refractivity contribution < 1.29 is 14.7 Å². The number of fused-ring (bicyclic) bond motifs is 2. The summed E-state index contributed by atoms with van der Waals surface area (Å²) in [4.78, 5) is 40.7. The number of amides is 2. The number of carbonyl (C=O) groups excluding carboxylic acids is 2. The van der Waals surface area contributed by atoms with Crippen molar-refractivity contribution >= 4 is 34.9 Å². The minimum absolute atomic E-state index is 0.0219. The van der Waals surface area contributed by atoms with Crippen molar-refractivity contribution in [3.05, 3.63) is 64.6 Å². The van der Waals surface area contributed by atoms with Gasteiger partial charge in [-0.3, -0.25) is 19.8 Å². The fraction of sp³-hybridized carbons (Fsp3) is 0.448. The molecule has 3 unspecified atom stereocenters. The van der Waals surface area contributed by atoms with Crippen LogP contribution in [0, 0.1) is 29.9 Å². The lowest BCUT2D eigenvalue weighted by Crippen LogP contribution is -3.02. The highest BCUT2D eigenvalue weighted by molar-refractivity contribution is 5.99. The molecular weight excluding hydrogens is 536 g/mol. The van der Waals surface area contributed by atoms with Crippen molar-refractivity contribution in [2.45, 2.75) is 57.4 Å². The number of rotatable bonds is 8. The normalized spacial score (nSPS) is 25.8. The average molecular weight is 567 g/mol. The standard InChI is InChI=1S/C29H30N10O3/c1-14-5-6-30-26(32-14)21-11-22(21)27(40)34-29-33-24(12-31-35-29)39(42)15(2)23-10-19-7-17(16-3-4-16)9-25(38(19)36-23)37-13-18-8-20(18)28(37)41/h5-7,9-10,12,15-16,18,20-22,39H,3-4,8,11,13H2,1-2H3,(H,33,34,35,40)/t15-,18?,20?,21+,22+/m1/s1. The lowest BCUT2D eigenvalue weighted by molar-refractivity contribution is -0.814. The highest BCUT2D eigenvalue weighted by atomic mass is 16.5. The first-order valence-electron chi connectivity index (χ1n) is 14.5. The molecule has 1 aliphatic heterocycles. The van der Waals surface area contributed by atoms with Gasteiger partial charge in [0.25, 0.3) is 5.95 Å². The first kappa shape index (κ1) is 25.4. The molecule has 42 heavy (non-hydrogen) atoms. The van der Waals surface area contributed by atoms with Crippen LogP contribution in [0.3, 0.4) is 0 Å². The summed E-state index contributed by atoms with van der Waals surface area (Å²) in [5.41, 5.74) is 3.51. The van der Waals surface area contributed by atoms with E-state index >= 15 is 0 Å². The predicted octanol–water partition coefficient (Wildman–Crippen LogP) is 2.00. The zero-order valence-electron chi connectivity index (χ0n) is 23.3. The quantitative estimate of drug-likeness (QED) is 0.304. The van der Waals surface area contributed by atoms with Crippen LogP contribution in [-0.4, -0.2) is 53.1 Å². The fourth-order valence-corrected chi connectivity index (χ4v) is 6.11. The lowest BCUT2D eigenvalue weighted by Gasteiger charge is -2.25. The van der Waals surface area contributed by atoms with Crippen LogP contribution in [0.4, 0.5) is 17.6 Å². The van der Waals surface area contributed by atoms with Crippen molar-refractivity contribution in [2.24, 2.45) is 17.8 Å². The summed E-state index contributed by atoms with van der Waals surface area (Å²) in [7, 11) is 0. The summed E-state index contributed by atoms with van der Waals surface area (Å²) in [5, 5.41) is 28.6. The van der Waals surface area contributed by atoms with Crippen LogP contribution in [0.15, 0.2) is 36.7 Å². The predicted molar refractivity (Wildman–Crippen MR) is 150 cm³/mol. The molecule has 13 nitrogen and oxygen atoms in total. The summed E-state index contributed by atoms with van der Waals surface area (Å²) in [6.07, 6.45) is 6.90. The molecule has 4 fully saturated rings. The van der Waals surface area contributed by atoms with Crippen molar-refractivity contribution in [1.82, 2.24) is 34.8 Å². The van der Waals surface area contributed by atoms with E-state index in [1.807, 2.05) is 24.0 Å². The van der Waals surface area contributed by atoms with E-state index in [0.29, 0.717) is 29.8 Å². The number of piperidine rings is 1. The molecule has 2 amide bonds. The molecule has 4 aliphatic rings. The number of hydrogen-bond donors (Lipinski definition) is 2. The Morgan fingerprint density at radius 1 is 1.17 bits per heavy atom. The van der Waals surface area contributed by atoms with Crippen LogP contribution in [0.1, 0.15) is 73.3 Å². The SMILES string of the molecule is Cc1ccnc([C@H]2C[C@@H]2C(=O)Nc2nncc([NH+]([O-])[C@H](C)c3cc4cc(C5CC5)cc(N5CC6CC6C5=O)n4n3)n2)n1. The van der Waals surface area contributed by atoms with E-state index in [1.54, 1.807) is 17.6 Å². The molecule has 214 valence electrons. The number of aromatic nitrogens is 7. The number of carbonyl (C=O) groups is 2. The molecule has 5 heterocycles. The summed E-state index contributed by atoms with van der Waals surface area (Å²) in [6.45, 7) is 4.38. The Morgan fingerprint density at radius 3 is 2.79 bits per heavy atom. The number of hydroxylamine groups is 1. The summed E-state index contributed by atoms with van der Waals surface area (Å²) in [5.74, 6) is 2.17. The number of quaternary nitrogens is 1. The average Bonchev–Trinajstić information content (AvgIpc) is 3.90. The van der Waals surface area contributed by atoms with Crippen molar-refractivity contribution in [3.8, 4) is 0 Å². The van der Waals surface area contributed by atoms with Gasteiger partial charge in [-0.25, -0.2) is 14.5 Å². The topological polar surface area (TPSA) is 159 Å². The summed E-state index contributed by atoms with van der Waals surface area (Å²) in [6, 6.07) is 7.31.